The Labute approximate surface area is 151 Å². The van der Waals surface area contributed by atoms with Crippen LogP contribution in [0.4, 0.5) is 0 Å². The van der Waals surface area contributed by atoms with Gasteiger partial charge in [0.1, 0.15) is 40.3 Å². The van der Waals surface area contributed by atoms with Crippen molar-refractivity contribution in [3.63, 3.8) is 0 Å². The number of aromatic hydroxyl groups is 1. The molecule has 0 aromatic heterocycles. The van der Waals surface area contributed by atoms with Crippen LogP contribution in [-0.4, -0.2) is 23.6 Å². The fourth-order valence-electron chi connectivity index (χ4n) is 3.35. The second kappa shape index (κ2) is 5.80. The van der Waals surface area contributed by atoms with Crippen LogP contribution in [0.5, 0.6) is 23.0 Å². The number of benzene rings is 2. The van der Waals surface area contributed by atoms with E-state index in [1.54, 1.807) is 30.3 Å². The first kappa shape index (κ1) is 16.5. The molecule has 134 valence electrons. The topological polar surface area (TPSA) is 65.0 Å². The highest BCUT2D eigenvalue weighted by molar-refractivity contribution is 6.04. The highest BCUT2D eigenvalue weighted by atomic mass is 16.5. The molecule has 0 amide bonds. The zero-order chi connectivity index (χ0) is 18.5. The number of hydrogen-bond donors (Lipinski definition) is 1. The van der Waals surface area contributed by atoms with E-state index in [0.29, 0.717) is 22.8 Å². The Kier molecular flexibility index (Phi) is 3.68. The van der Waals surface area contributed by atoms with Crippen LogP contribution in [0.2, 0.25) is 0 Å². The van der Waals surface area contributed by atoms with Gasteiger partial charge in [0.05, 0.1) is 19.1 Å². The van der Waals surface area contributed by atoms with Gasteiger partial charge in [-0.1, -0.05) is 12.1 Å². The van der Waals surface area contributed by atoms with Crippen LogP contribution < -0.4 is 14.2 Å². The van der Waals surface area contributed by atoms with Gasteiger partial charge in [-0.15, -0.1) is 0 Å². The lowest BCUT2D eigenvalue weighted by Gasteiger charge is -2.33. The predicted octanol–water partition coefficient (Wildman–Crippen LogP) is 4.29. The van der Waals surface area contributed by atoms with Crippen molar-refractivity contribution in [1.29, 1.82) is 0 Å². The number of carbonyl (C=O) groups is 1. The summed E-state index contributed by atoms with van der Waals surface area (Å²) < 4.78 is 17.7. The first-order valence-corrected chi connectivity index (χ1v) is 8.50. The lowest BCUT2D eigenvalue weighted by molar-refractivity contribution is 0.0840. The van der Waals surface area contributed by atoms with Crippen LogP contribution in [-0.2, 0) is 0 Å². The number of carbonyl (C=O) groups excluding carboxylic acids is 1. The zero-order valence-corrected chi connectivity index (χ0v) is 14.9. The average molecular weight is 352 g/mol. The van der Waals surface area contributed by atoms with Crippen molar-refractivity contribution in [2.45, 2.75) is 32.0 Å². The van der Waals surface area contributed by atoms with Crippen LogP contribution >= 0.6 is 0 Å². The van der Waals surface area contributed by atoms with Gasteiger partial charge in [0.2, 0.25) is 0 Å². The van der Waals surface area contributed by atoms with E-state index in [0.717, 1.165) is 11.1 Å². The van der Waals surface area contributed by atoms with Crippen molar-refractivity contribution in [1.82, 2.24) is 0 Å². The first-order chi connectivity index (χ1) is 12.4. The molecule has 0 saturated heterocycles. The van der Waals surface area contributed by atoms with Gasteiger partial charge in [-0.05, 0) is 43.7 Å². The fraction of sp³-hybridized carbons (Fsp3) is 0.286. The summed E-state index contributed by atoms with van der Waals surface area (Å²) in [6.07, 6.45) is 3.67. The fourth-order valence-corrected chi connectivity index (χ4v) is 3.35. The number of fused-ring (bicyclic) bond motifs is 3. The molecule has 0 unspecified atom stereocenters. The van der Waals surface area contributed by atoms with E-state index in [9.17, 15) is 9.90 Å². The molecule has 0 aliphatic carbocycles. The molecule has 2 aliphatic rings. The minimum Gasteiger partial charge on any atom is -0.508 e. The number of Topliss-reactive ketones (excluding diaryl/α,β-unsaturated/α-hetero) is 1. The Hall–Kier alpha value is -2.95. The van der Waals surface area contributed by atoms with Crippen LogP contribution in [0.15, 0.2) is 36.4 Å². The number of methoxy groups -OCH3 is 1. The highest BCUT2D eigenvalue weighted by Gasteiger charge is 2.36. The van der Waals surface area contributed by atoms with Gasteiger partial charge in [0.25, 0.3) is 0 Å². The van der Waals surface area contributed by atoms with Gasteiger partial charge in [0.15, 0.2) is 5.78 Å². The summed E-state index contributed by atoms with van der Waals surface area (Å²) in [5, 5.41) is 9.49. The lowest BCUT2D eigenvalue weighted by Crippen LogP contribution is -2.29. The summed E-state index contributed by atoms with van der Waals surface area (Å²) in [6, 6.07) is 8.46. The van der Waals surface area contributed by atoms with Crippen LogP contribution in [0, 0.1) is 0 Å². The minimum atomic E-state index is -0.443. The van der Waals surface area contributed by atoms with Crippen molar-refractivity contribution in [2.75, 3.05) is 7.11 Å². The van der Waals surface area contributed by atoms with Crippen molar-refractivity contribution in [3.8, 4) is 23.0 Å². The van der Waals surface area contributed by atoms with Crippen LogP contribution in [0.1, 0.15) is 47.9 Å². The van der Waals surface area contributed by atoms with Crippen molar-refractivity contribution in [3.05, 3.63) is 53.1 Å². The second-order valence-electron chi connectivity index (χ2n) is 7.06. The van der Waals surface area contributed by atoms with Crippen LogP contribution in [0.25, 0.3) is 6.08 Å². The monoisotopic (exact) mass is 352 g/mol. The minimum absolute atomic E-state index is 0.0396. The Morgan fingerprint density at radius 3 is 2.65 bits per heavy atom. The van der Waals surface area contributed by atoms with Gasteiger partial charge in [-0.2, -0.15) is 0 Å². The van der Waals surface area contributed by atoms with E-state index >= 15 is 0 Å². The Bertz CT molecular complexity index is 909. The standard InChI is InChI=1S/C21H20O5/c1-21(2)9-8-14-17(26-21)11-18(24-3)19-15(23)10-16(25-20(14)19)12-4-6-13(22)7-5-12/h4-9,11,16,22H,10H2,1-3H3/t16-/m0/s1. The molecule has 0 spiro atoms. The number of phenolic OH excluding ortho intramolecular Hbond substituents is 1. The Morgan fingerprint density at radius 2 is 1.96 bits per heavy atom. The van der Waals surface area contributed by atoms with Gasteiger partial charge >= 0.3 is 0 Å². The molecule has 1 atom stereocenters. The third-order valence-electron chi connectivity index (χ3n) is 4.66. The number of phenols is 1. The summed E-state index contributed by atoms with van der Waals surface area (Å²) in [4.78, 5) is 12.9. The van der Waals surface area contributed by atoms with Crippen molar-refractivity contribution >= 4 is 11.9 Å². The van der Waals surface area contributed by atoms with Gasteiger partial charge < -0.3 is 19.3 Å². The van der Waals surface area contributed by atoms with Gasteiger partial charge in [-0.3, -0.25) is 4.79 Å². The number of rotatable bonds is 2. The maximum absolute atomic E-state index is 12.9. The first-order valence-electron chi connectivity index (χ1n) is 8.50. The third kappa shape index (κ3) is 2.69. The van der Waals surface area contributed by atoms with E-state index < -0.39 is 11.7 Å². The van der Waals surface area contributed by atoms with Crippen molar-refractivity contribution in [2.24, 2.45) is 0 Å². The second-order valence-corrected chi connectivity index (χ2v) is 7.06. The lowest BCUT2D eigenvalue weighted by atomic mass is 9.91. The molecule has 26 heavy (non-hydrogen) atoms. The molecule has 4 rings (SSSR count). The normalized spacial score (nSPS) is 19.8. The van der Waals surface area contributed by atoms with E-state index in [2.05, 4.69) is 0 Å². The zero-order valence-electron chi connectivity index (χ0n) is 14.9. The number of ketones is 1. The predicted molar refractivity (Wildman–Crippen MR) is 97.2 cm³/mol. The van der Waals surface area contributed by atoms with E-state index in [1.807, 2.05) is 26.0 Å². The quantitative estimate of drug-likeness (QED) is 0.873. The van der Waals surface area contributed by atoms with Crippen molar-refractivity contribution < 1.29 is 24.1 Å². The molecule has 5 nitrogen and oxygen atoms in total. The molecule has 5 heteroatoms. The summed E-state index contributed by atoms with van der Waals surface area (Å²) in [6.45, 7) is 3.92. The van der Waals surface area contributed by atoms with Crippen LogP contribution in [0.3, 0.4) is 0 Å². The largest absolute Gasteiger partial charge is 0.508 e. The van der Waals surface area contributed by atoms with Gasteiger partial charge in [0, 0.05) is 6.07 Å². The maximum Gasteiger partial charge on any atom is 0.174 e. The molecule has 0 radical (unpaired) electrons. The molecule has 2 heterocycles. The summed E-state index contributed by atoms with van der Waals surface area (Å²) in [5.74, 6) is 1.71. The summed E-state index contributed by atoms with van der Waals surface area (Å²) >= 11 is 0. The van der Waals surface area contributed by atoms with E-state index in [1.165, 1.54) is 7.11 Å². The third-order valence-corrected chi connectivity index (χ3v) is 4.66. The molecule has 2 aromatic rings. The summed E-state index contributed by atoms with van der Waals surface area (Å²) in [7, 11) is 1.53. The molecule has 2 aromatic carbocycles. The number of hydrogen-bond acceptors (Lipinski definition) is 5. The average Bonchev–Trinajstić information content (AvgIpc) is 2.60. The highest BCUT2D eigenvalue weighted by Crippen LogP contribution is 2.48. The molecule has 0 saturated carbocycles. The Morgan fingerprint density at radius 1 is 1.23 bits per heavy atom. The maximum atomic E-state index is 12.9. The van der Waals surface area contributed by atoms with E-state index in [4.69, 9.17) is 14.2 Å². The number of ether oxygens (including phenoxy) is 3. The molecule has 0 fully saturated rings. The SMILES string of the molecule is COc1cc2c(c3c1C(=O)C[C@@H](c1ccc(O)cc1)O3)C=CC(C)(C)O2. The molecular formula is C21H20O5. The molecular weight excluding hydrogens is 332 g/mol. The summed E-state index contributed by atoms with van der Waals surface area (Å²) in [5.41, 5.74) is 1.59. The van der Waals surface area contributed by atoms with E-state index in [-0.39, 0.29) is 18.0 Å². The smallest absolute Gasteiger partial charge is 0.174 e. The Balaban J connectivity index is 1.83. The molecule has 1 N–H and O–H groups in total. The molecule has 0 bridgehead atoms. The molecule has 2 aliphatic heterocycles. The van der Waals surface area contributed by atoms with Gasteiger partial charge in [-0.25, -0.2) is 0 Å².